The molecule has 3 fully saturated rings. The summed E-state index contributed by atoms with van der Waals surface area (Å²) in [5, 5.41) is 10.00. The van der Waals surface area contributed by atoms with Crippen molar-refractivity contribution in [3.8, 4) is 0 Å². The van der Waals surface area contributed by atoms with Crippen LogP contribution in [0.3, 0.4) is 0 Å². The minimum absolute atomic E-state index is 0.0276. The summed E-state index contributed by atoms with van der Waals surface area (Å²) >= 11 is 0. The average molecular weight is 223 g/mol. The Morgan fingerprint density at radius 2 is 1.62 bits per heavy atom. The fourth-order valence-electron chi connectivity index (χ4n) is 4.28. The Bertz CT molecular complexity index is 243. The van der Waals surface area contributed by atoms with E-state index in [4.69, 9.17) is 0 Å². The van der Waals surface area contributed by atoms with Crippen molar-refractivity contribution in [3.63, 3.8) is 0 Å². The summed E-state index contributed by atoms with van der Waals surface area (Å²) in [4.78, 5) is 2.62. The number of aliphatic hydroxyl groups is 1. The molecule has 4 atom stereocenters. The number of aliphatic hydroxyl groups excluding tert-OH is 1. The van der Waals surface area contributed by atoms with Gasteiger partial charge in [0.15, 0.2) is 0 Å². The third-order valence-corrected chi connectivity index (χ3v) is 5.24. The second-order valence-corrected chi connectivity index (χ2v) is 6.15. The summed E-state index contributed by atoms with van der Waals surface area (Å²) < 4.78 is 0. The van der Waals surface area contributed by atoms with Crippen molar-refractivity contribution in [2.75, 3.05) is 13.1 Å². The van der Waals surface area contributed by atoms with Crippen LogP contribution in [0.25, 0.3) is 0 Å². The van der Waals surface area contributed by atoms with Crippen molar-refractivity contribution in [1.82, 2.24) is 4.90 Å². The number of hydrogen-bond acceptors (Lipinski definition) is 2. The van der Waals surface area contributed by atoms with E-state index in [9.17, 15) is 5.11 Å². The van der Waals surface area contributed by atoms with E-state index in [0.29, 0.717) is 6.04 Å². The van der Waals surface area contributed by atoms with Crippen molar-refractivity contribution in [3.05, 3.63) is 0 Å². The van der Waals surface area contributed by atoms with Crippen molar-refractivity contribution in [2.45, 2.75) is 63.5 Å². The van der Waals surface area contributed by atoms with Gasteiger partial charge in [-0.25, -0.2) is 0 Å². The van der Waals surface area contributed by atoms with Gasteiger partial charge in [-0.3, -0.25) is 4.90 Å². The van der Waals surface area contributed by atoms with Gasteiger partial charge in [-0.15, -0.1) is 0 Å². The Hall–Kier alpha value is -0.0800. The van der Waals surface area contributed by atoms with Gasteiger partial charge in [0, 0.05) is 12.6 Å². The van der Waals surface area contributed by atoms with Gasteiger partial charge < -0.3 is 5.11 Å². The van der Waals surface area contributed by atoms with Crippen LogP contribution in [0.15, 0.2) is 0 Å². The van der Waals surface area contributed by atoms with E-state index in [1.54, 1.807) is 0 Å². The van der Waals surface area contributed by atoms with E-state index in [-0.39, 0.29) is 6.10 Å². The summed E-state index contributed by atoms with van der Waals surface area (Å²) in [7, 11) is 0. The maximum absolute atomic E-state index is 10.00. The normalized spacial score (nSPS) is 45.6. The molecule has 2 heteroatoms. The maximum Gasteiger partial charge on any atom is 0.0695 e. The molecule has 2 nitrogen and oxygen atoms in total. The van der Waals surface area contributed by atoms with Crippen molar-refractivity contribution >= 4 is 0 Å². The molecule has 0 aromatic carbocycles. The van der Waals surface area contributed by atoms with Crippen LogP contribution < -0.4 is 0 Å². The number of piperidine rings is 1. The molecule has 0 spiro atoms. The average Bonchev–Trinajstić information content (AvgIpc) is 2.75. The zero-order valence-electron chi connectivity index (χ0n) is 10.3. The molecule has 3 aliphatic rings. The number of hydrogen-bond donors (Lipinski definition) is 1. The second kappa shape index (κ2) is 4.66. The Kier molecular flexibility index (Phi) is 3.21. The molecule has 0 radical (unpaired) electrons. The van der Waals surface area contributed by atoms with Crippen LogP contribution >= 0.6 is 0 Å². The highest BCUT2D eigenvalue weighted by atomic mass is 16.3. The first-order valence-electron chi connectivity index (χ1n) is 7.27. The fourth-order valence-corrected chi connectivity index (χ4v) is 4.28. The SMILES string of the molecule is OC1CCCC1N1CCC2CCCCC2C1. The number of likely N-dealkylation sites (tertiary alicyclic amines) is 1. The minimum atomic E-state index is -0.0276. The second-order valence-electron chi connectivity index (χ2n) is 6.15. The molecule has 16 heavy (non-hydrogen) atoms. The quantitative estimate of drug-likeness (QED) is 0.738. The molecule has 1 saturated heterocycles. The standard InChI is InChI=1S/C14H25NO/c16-14-7-3-6-13(14)15-9-8-11-4-1-2-5-12(11)10-15/h11-14,16H,1-10H2. The van der Waals surface area contributed by atoms with Gasteiger partial charge in [0.25, 0.3) is 0 Å². The molecule has 0 aromatic heterocycles. The van der Waals surface area contributed by atoms with E-state index in [1.165, 1.54) is 58.0 Å². The summed E-state index contributed by atoms with van der Waals surface area (Å²) in [6, 6.07) is 0.503. The number of fused-ring (bicyclic) bond motifs is 1. The van der Waals surface area contributed by atoms with Crippen LogP contribution in [0.4, 0.5) is 0 Å². The lowest BCUT2D eigenvalue weighted by Crippen LogP contribution is -2.49. The van der Waals surface area contributed by atoms with Crippen LogP contribution in [0.2, 0.25) is 0 Å². The van der Waals surface area contributed by atoms with Crippen LogP contribution in [0.5, 0.6) is 0 Å². The first-order valence-corrected chi connectivity index (χ1v) is 7.27. The summed E-state index contributed by atoms with van der Waals surface area (Å²) in [6.07, 6.45) is 10.7. The fraction of sp³-hybridized carbons (Fsp3) is 1.00. The molecule has 1 N–H and O–H groups in total. The highest BCUT2D eigenvalue weighted by Crippen LogP contribution is 2.38. The van der Waals surface area contributed by atoms with Crippen molar-refractivity contribution < 1.29 is 5.11 Å². The Morgan fingerprint density at radius 3 is 2.38 bits per heavy atom. The van der Waals surface area contributed by atoms with E-state index < -0.39 is 0 Å². The predicted molar refractivity (Wildman–Crippen MR) is 65.3 cm³/mol. The zero-order chi connectivity index (χ0) is 11.0. The third kappa shape index (κ3) is 2.02. The molecule has 2 saturated carbocycles. The molecule has 0 aromatic rings. The van der Waals surface area contributed by atoms with E-state index in [1.807, 2.05) is 0 Å². The first kappa shape index (κ1) is 11.0. The van der Waals surface area contributed by atoms with Crippen LogP contribution in [0, 0.1) is 11.8 Å². The monoisotopic (exact) mass is 223 g/mol. The Balaban J connectivity index is 1.61. The lowest BCUT2D eigenvalue weighted by atomic mass is 9.75. The molecule has 1 heterocycles. The van der Waals surface area contributed by atoms with Gasteiger partial charge in [-0.2, -0.15) is 0 Å². The molecule has 3 rings (SSSR count). The summed E-state index contributed by atoms with van der Waals surface area (Å²) in [5.74, 6) is 1.97. The molecular formula is C14H25NO. The largest absolute Gasteiger partial charge is 0.391 e. The Morgan fingerprint density at radius 1 is 0.812 bits per heavy atom. The molecule has 0 bridgehead atoms. The molecule has 1 aliphatic heterocycles. The number of nitrogens with zero attached hydrogens (tertiary/aromatic N) is 1. The number of rotatable bonds is 1. The van der Waals surface area contributed by atoms with E-state index in [0.717, 1.165) is 18.3 Å². The molecule has 4 unspecified atom stereocenters. The minimum Gasteiger partial charge on any atom is -0.391 e. The van der Waals surface area contributed by atoms with E-state index >= 15 is 0 Å². The summed E-state index contributed by atoms with van der Waals surface area (Å²) in [6.45, 7) is 2.54. The van der Waals surface area contributed by atoms with Crippen LogP contribution in [0.1, 0.15) is 51.4 Å². The highest BCUT2D eigenvalue weighted by molar-refractivity contribution is 4.91. The van der Waals surface area contributed by atoms with Gasteiger partial charge >= 0.3 is 0 Å². The molecule has 92 valence electrons. The van der Waals surface area contributed by atoms with Crippen molar-refractivity contribution in [1.29, 1.82) is 0 Å². The Labute approximate surface area is 99.0 Å². The first-order chi connectivity index (χ1) is 7.84. The van der Waals surface area contributed by atoms with Gasteiger partial charge in [0.2, 0.25) is 0 Å². The van der Waals surface area contributed by atoms with Gasteiger partial charge in [0.1, 0.15) is 0 Å². The van der Waals surface area contributed by atoms with Gasteiger partial charge in [-0.05, 0) is 50.5 Å². The van der Waals surface area contributed by atoms with Gasteiger partial charge in [-0.1, -0.05) is 19.3 Å². The zero-order valence-corrected chi connectivity index (χ0v) is 10.3. The van der Waals surface area contributed by atoms with Gasteiger partial charge in [0.05, 0.1) is 6.10 Å². The maximum atomic E-state index is 10.00. The lowest BCUT2D eigenvalue weighted by molar-refractivity contribution is 0.0128. The smallest absolute Gasteiger partial charge is 0.0695 e. The van der Waals surface area contributed by atoms with Crippen molar-refractivity contribution in [2.24, 2.45) is 11.8 Å². The van der Waals surface area contributed by atoms with E-state index in [2.05, 4.69) is 4.90 Å². The molecule has 2 aliphatic carbocycles. The lowest BCUT2D eigenvalue weighted by Gasteiger charge is -2.44. The highest BCUT2D eigenvalue weighted by Gasteiger charge is 2.37. The topological polar surface area (TPSA) is 23.5 Å². The van der Waals surface area contributed by atoms with Crippen LogP contribution in [-0.4, -0.2) is 35.2 Å². The summed E-state index contributed by atoms with van der Waals surface area (Å²) in [5.41, 5.74) is 0. The predicted octanol–water partition coefficient (Wildman–Crippen LogP) is 2.41. The molecular weight excluding hydrogens is 198 g/mol. The van der Waals surface area contributed by atoms with Crippen LogP contribution in [-0.2, 0) is 0 Å². The third-order valence-electron chi connectivity index (χ3n) is 5.24. The molecule has 0 amide bonds.